The summed E-state index contributed by atoms with van der Waals surface area (Å²) < 4.78 is 0. The summed E-state index contributed by atoms with van der Waals surface area (Å²) in [4.78, 5) is 4.95. The van der Waals surface area contributed by atoms with Crippen LogP contribution in [0.25, 0.3) is 11.1 Å². The minimum Gasteiger partial charge on any atom is -0.311 e. The van der Waals surface area contributed by atoms with Gasteiger partial charge in [-0.05, 0) is 92.7 Å². The highest BCUT2D eigenvalue weighted by atomic mass is 15.2. The van der Waals surface area contributed by atoms with Gasteiger partial charge in [0.1, 0.15) is 0 Å². The standard InChI is InChI=1S/C43H29BN2/c1-3-14-29(15-4-1)42-34-19-8-7-18-32(34)33-27-26-31(28-35(33)42)46-39-23-12-10-21-37(39)44-36-20-9-11-22-38(36)45(30-16-5-2-6-17-30)40-24-13-25-41(46)43(40)44/h1-28,42H. The van der Waals surface area contributed by atoms with Crippen molar-refractivity contribution in [2.24, 2.45) is 0 Å². The number of anilines is 6. The summed E-state index contributed by atoms with van der Waals surface area (Å²) in [7, 11) is 0. The Morgan fingerprint density at radius 3 is 1.65 bits per heavy atom. The zero-order chi connectivity index (χ0) is 30.2. The van der Waals surface area contributed by atoms with Gasteiger partial charge in [0, 0.05) is 40.0 Å². The molecule has 2 heterocycles. The van der Waals surface area contributed by atoms with Crippen LogP contribution in [0.3, 0.4) is 0 Å². The van der Waals surface area contributed by atoms with Crippen LogP contribution in [0.15, 0.2) is 170 Å². The van der Waals surface area contributed by atoms with Gasteiger partial charge in [-0.1, -0.05) is 121 Å². The first-order valence-corrected chi connectivity index (χ1v) is 16.1. The lowest BCUT2D eigenvalue weighted by Gasteiger charge is -2.44. The van der Waals surface area contributed by atoms with Gasteiger partial charge in [0.05, 0.1) is 0 Å². The average molecular weight is 585 g/mol. The molecule has 0 aromatic heterocycles. The lowest BCUT2D eigenvalue weighted by molar-refractivity contribution is 1.01. The van der Waals surface area contributed by atoms with Gasteiger partial charge < -0.3 is 9.80 Å². The number of hydrogen-bond acceptors (Lipinski definition) is 2. The van der Waals surface area contributed by atoms with E-state index < -0.39 is 0 Å². The molecular weight excluding hydrogens is 555 g/mol. The Kier molecular flexibility index (Phi) is 5.47. The quantitative estimate of drug-likeness (QED) is 0.191. The molecule has 1 atom stereocenters. The predicted molar refractivity (Wildman–Crippen MR) is 193 cm³/mol. The summed E-state index contributed by atoms with van der Waals surface area (Å²) in [6.07, 6.45) is 0. The summed E-state index contributed by atoms with van der Waals surface area (Å²) >= 11 is 0. The summed E-state index contributed by atoms with van der Waals surface area (Å²) in [5.74, 6) is 0.199. The minimum absolute atomic E-state index is 0.144. The zero-order valence-corrected chi connectivity index (χ0v) is 25.2. The Bertz CT molecular complexity index is 2300. The molecule has 0 bridgehead atoms. The molecule has 3 aliphatic rings. The van der Waals surface area contributed by atoms with Crippen LogP contribution >= 0.6 is 0 Å². The molecule has 0 saturated carbocycles. The third kappa shape index (κ3) is 3.54. The molecule has 0 radical (unpaired) electrons. The van der Waals surface area contributed by atoms with Gasteiger partial charge in [-0.2, -0.15) is 0 Å². The third-order valence-corrected chi connectivity index (χ3v) is 10.1. The Morgan fingerprint density at radius 2 is 0.935 bits per heavy atom. The highest BCUT2D eigenvalue weighted by molar-refractivity contribution is 7.00. The summed E-state index contributed by atoms with van der Waals surface area (Å²) in [6, 6.07) is 62.6. The molecule has 0 amide bonds. The number of nitrogens with zero attached hydrogens (tertiary/aromatic N) is 2. The first kappa shape index (κ1) is 25.5. The maximum Gasteiger partial charge on any atom is 0.252 e. The molecule has 46 heavy (non-hydrogen) atoms. The summed E-state index contributed by atoms with van der Waals surface area (Å²) in [5, 5.41) is 0. The number of benzene rings is 7. The van der Waals surface area contributed by atoms with E-state index in [0.717, 1.165) is 0 Å². The highest BCUT2D eigenvalue weighted by Gasteiger charge is 2.43. The van der Waals surface area contributed by atoms with E-state index in [1.54, 1.807) is 0 Å². The first-order chi connectivity index (χ1) is 22.9. The molecule has 7 aromatic carbocycles. The predicted octanol–water partition coefficient (Wildman–Crippen LogP) is 8.93. The minimum atomic E-state index is 0.144. The van der Waals surface area contributed by atoms with Crippen LogP contribution in [0.1, 0.15) is 22.6 Å². The lowest BCUT2D eigenvalue weighted by Crippen LogP contribution is -2.61. The van der Waals surface area contributed by atoms with Gasteiger partial charge in [0.2, 0.25) is 0 Å². The monoisotopic (exact) mass is 584 g/mol. The van der Waals surface area contributed by atoms with Crippen molar-refractivity contribution in [3.8, 4) is 11.1 Å². The van der Waals surface area contributed by atoms with E-state index in [9.17, 15) is 0 Å². The van der Waals surface area contributed by atoms with E-state index in [1.165, 1.54) is 78.3 Å². The molecule has 3 heteroatoms. The van der Waals surface area contributed by atoms with Crippen LogP contribution in [0.5, 0.6) is 0 Å². The fourth-order valence-corrected chi connectivity index (χ4v) is 8.31. The number of rotatable bonds is 3. The second-order valence-corrected chi connectivity index (χ2v) is 12.5. The molecular formula is C43H29BN2. The van der Waals surface area contributed by atoms with Gasteiger partial charge >= 0.3 is 0 Å². The smallest absolute Gasteiger partial charge is 0.252 e. The van der Waals surface area contributed by atoms with E-state index in [-0.39, 0.29) is 12.6 Å². The van der Waals surface area contributed by atoms with E-state index in [4.69, 9.17) is 0 Å². The first-order valence-electron chi connectivity index (χ1n) is 16.1. The molecule has 2 aliphatic heterocycles. The molecule has 0 saturated heterocycles. The van der Waals surface area contributed by atoms with Crippen LogP contribution in [0.4, 0.5) is 34.1 Å². The highest BCUT2D eigenvalue weighted by Crippen LogP contribution is 2.51. The Hall–Kier alpha value is -5.80. The van der Waals surface area contributed by atoms with E-state index in [0.29, 0.717) is 0 Å². The molecule has 1 aliphatic carbocycles. The largest absolute Gasteiger partial charge is 0.311 e. The Labute approximate surface area is 269 Å². The molecule has 2 nitrogen and oxygen atoms in total. The van der Waals surface area contributed by atoms with Crippen molar-refractivity contribution in [2.45, 2.75) is 5.92 Å². The van der Waals surface area contributed by atoms with Crippen LogP contribution in [-0.2, 0) is 0 Å². The van der Waals surface area contributed by atoms with Gasteiger partial charge in [-0.3, -0.25) is 0 Å². The Morgan fingerprint density at radius 1 is 0.391 bits per heavy atom. The molecule has 0 fully saturated rings. The van der Waals surface area contributed by atoms with Gasteiger partial charge in [-0.25, -0.2) is 0 Å². The van der Waals surface area contributed by atoms with Crippen LogP contribution in [0.2, 0.25) is 0 Å². The lowest BCUT2D eigenvalue weighted by atomic mass is 9.33. The number of hydrogen-bond donors (Lipinski definition) is 0. The van der Waals surface area contributed by atoms with Crippen LogP contribution in [-0.4, -0.2) is 6.71 Å². The number of para-hydroxylation sites is 3. The van der Waals surface area contributed by atoms with Crippen molar-refractivity contribution >= 4 is 57.2 Å². The van der Waals surface area contributed by atoms with Crippen molar-refractivity contribution in [1.82, 2.24) is 0 Å². The third-order valence-electron chi connectivity index (χ3n) is 10.1. The SMILES string of the molecule is c1ccc(C2c3ccccc3-c3ccc(N4c5ccccc5B5c6ccccc6N(c6ccccc6)c6cccc4c65)cc32)cc1. The Balaban J connectivity index is 1.22. The summed E-state index contributed by atoms with van der Waals surface area (Å²) in [6.45, 7) is 0.144. The normalized spacial score (nSPS) is 15.0. The van der Waals surface area contributed by atoms with Crippen molar-refractivity contribution in [3.05, 3.63) is 187 Å². The summed E-state index contributed by atoms with van der Waals surface area (Å²) in [5.41, 5.74) is 18.1. The van der Waals surface area contributed by atoms with Gasteiger partial charge in [-0.15, -0.1) is 0 Å². The van der Waals surface area contributed by atoms with Gasteiger partial charge in [0.15, 0.2) is 0 Å². The van der Waals surface area contributed by atoms with E-state index in [2.05, 4.69) is 180 Å². The van der Waals surface area contributed by atoms with E-state index in [1.807, 2.05) is 0 Å². The van der Waals surface area contributed by atoms with Crippen LogP contribution in [0, 0.1) is 0 Å². The van der Waals surface area contributed by atoms with Crippen molar-refractivity contribution in [1.29, 1.82) is 0 Å². The average Bonchev–Trinajstić information content (AvgIpc) is 3.46. The number of fused-ring (bicyclic) bond motifs is 7. The van der Waals surface area contributed by atoms with Crippen LogP contribution < -0.4 is 26.2 Å². The molecule has 214 valence electrons. The van der Waals surface area contributed by atoms with E-state index >= 15 is 0 Å². The zero-order valence-electron chi connectivity index (χ0n) is 25.2. The van der Waals surface area contributed by atoms with Crippen molar-refractivity contribution < 1.29 is 0 Å². The van der Waals surface area contributed by atoms with Gasteiger partial charge in [0.25, 0.3) is 6.71 Å². The molecule has 0 spiro atoms. The van der Waals surface area contributed by atoms with Crippen molar-refractivity contribution in [2.75, 3.05) is 9.80 Å². The molecule has 1 unspecified atom stereocenters. The molecule has 0 N–H and O–H groups in total. The fraction of sp³-hybridized carbons (Fsp3) is 0.0233. The molecule has 7 aromatic rings. The topological polar surface area (TPSA) is 6.48 Å². The maximum atomic E-state index is 2.51. The maximum absolute atomic E-state index is 2.51. The fourth-order valence-electron chi connectivity index (χ4n) is 8.31. The van der Waals surface area contributed by atoms with Crippen molar-refractivity contribution in [3.63, 3.8) is 0 Å². The second-order valence-electron chi connectivity index (χ2n) is 12.5. The molecule has 10 rings (SSSR count). The second kappa shape index (κ2) is 9.85.